The molecule has 0 aromatic heterocycles. The van der Waals surface area contributed by atoms with E-state index in [-0.39, 0.29) is 5.54 Å². The average molecular weight is 257 g/mol. The van der Waals surface area contributed by atoms with Gasteiger partial charge in [0.05, 0.1) is 0 Å². The molecule has 0 atom stereocenters. The van der Waals surface area contributed by atoms with Gasteiger partial charge in [0.1, 0.15) is 0 Å². The first-order valence-corrected chi connectivity index (χ1v) is 5.55. The lowest BCUT2D eigenvalue weighted by molar-refractivity contribution is 0.491. The van der Waals surface area contributed by atoms with Crippen LogP contribution in [0.25, 0.3) is 0 Å². The Bertz CT molecular complexity index is 292. The van der Waals surface area contributed by atoms with Crippen LogP contribution in [-0.4, -0.2) is 12.1 Å². The predicted octanol–water partition coefficient (Wildman–Crippen LogP) is 2.99. The van der Waals surface area contributed by atoms with Gasteiger partial charge in [-0.05, 0) is 38.5 Å². The first kappa shape index (κ1) is 11.5. The zero-order valence-corrected chi connectivity index (χ0v) is 10.3. The van der Waals surface area contributed by atoms with Gasteiger partial charge in [-0.2, -0.15) is 0 Å². The maximum atomic E-state index is 5.88. The van der Waals surface area contributed by atoms with Gasteiger partial charge >= 0.3 is 0 Å². The van der Waals surface area contributed by atoms with Gasteiger partial charge in [0.25, 0.3) is 0 Å². The zero-order valence-electron chi connectivity index (χ0n) is 8.68. The van der Waals surface area contributed by atoms with E-state index in [1.54, 1.807) is 0 Å². The first-order chi connectivity index (χ1) is 6.47. The number of benzene rings is 1. The SMILES string of the molecule is CC(C)(N)CCNc1cccc(Br)c1. The van der Waals surface area contributed by atoms with E-state index in [4.69, 9.17) is 5.73 Å². The van der Waals surface area contributed by atoms with Gasteiger partial charge in [0.2, 0.25) is 0 Å². The molecule has 0 aliphatic carbocycles. The Kier molecular flexibility index (Phi) is 3.96. The lowest BCUT2D eigenvalue weighted by atomic mass is 10.0. The molecule has 14 heavy (non-hydrogen) atoms. The van der Waals surface area contributed by atoms with Gasteiger partial charge in [-0.25, -0.2) is 0 Å². The minimum absolute atomic E-state index is 0.0982. The fourth-order valence-corrected chi connectivity index (χ4v) is 1.53. The molecule has 0 spiro atoms. The average Bonchev–Trinajstić information content (AvgIpc) is 2.01. The van der Waals surface area contributed by atoms with Crippen molar-refractivity contribution in [3.8, 4) is 0 Å². The van der Waals surface area contributed by atoms with Crippen molar-refractivity contribution in [1.82, 2.24) is 0 Å². The predicted molar refractivity (Wildman–Crippen MR) is 65.5 cm³/mol. The maximum absolute atomic E-state index is 5.88. The van der Waals surface area contributed by atoms with Gasteiger partial charge in [-0.3, -0.25) is 0 Å². The quantitative estimate of drug-likeness (QED) is 0.870. The molecule has 1 aromatic carbocycles. The third-order valence-electron chi connectivity index (χ3n) is 1.92. The number of anilines is 1. The van der Waals surface area contributed by atoms with Crippen LogP contribution in [0.5, 0.6) is 0 Å². The van der Waals surface area contributed by atoms with E-state index in [9.17, 15) is 0 Å². The van der Waals surface area contributed by atoms with Gasteiger partial charge in [0.15, 0.2) is 0 Å². The molecule has 0 aliphatic heterocycles. The van der Waals surface area contributed by atoms with E-state index in [1.165, 1.54) is 0 Å². The molecule has 3 N–H and O–H groups in total. The van der Waals surface area contributed by atoms with Crippen LogP contribution in [0.3, 0.4) is 0 Å². The van der Waals surface area contributed by atoms with Crippen LogP contribution in [0.15, 0.2) is 28.7 Å². The van der Waals surface area contributed by atoms with Gasteiger partial charge in [-0.15, -0.1) is 0 Å². The Morgan fingerprint density at radius 1 is 1.43 bits per heavy atom. The summed E-state index contributed by atoms with van der Waals surface area (Å²) < 4.78 is 1.09. The Morgan fingerprint density at radius 3 is 2.71 bits per heavy atom. The third kappa shape index (κ3) is 4.63. The molecule has 0 aliphatic rings. The Labute approximate surface area is 94.0 Å². The van der Waals surface area contributed by atoms with Gasteiger partial charge in [0, 0.05) is 22.2 Å². The number of nitrogens with one attached hydrogen (secondary N) is 1. The van der Waals surface area contributed by atoms with E-state index < -0.39 is 0 Å². The van der Waals surface area contributed by atoms with Crippen molar-refractivity contribution in [2.45, 2.75) is 25.8 Å². The second kappa shape index (κ2) is 4.80. The highest BCUT2D eigenvalue weighted by Crippen LogP contribution is 2.15. The molecule has 0 unspecified atom stereocenters. The molecule has 0 saturated carbocycles. The summed E-state index contributed by atoms with van der Waals surface area (Å²) in [6, 6.07) is 8.13. The summed E-state index contributed by atoms with van der Waals surface area (Å²) in [6.07, 6.45) is 0.958. The second-order valence-electron chi connectivity index (χ2n) is 4.18. The topological polar surface area (TPSA) is 38.0 Å². The van der Waals surface area contributed by atoms with Crippen LogP contribution < -0.4 is 11.1 Å². The maximum Gasteiger partial charge on any atom is 0.0351 e. The molecule has 2 nitrogen and oxygen atoms in total. The van der Waals surface area contributed by atoms with Crippen molar-refractivity contribution in [2.75, 3.05) is 11.9 Å². The molecule has 1 rings (SSSR count). The smallest absolute Gasteiger partial charge is 0.0351 e. The third-order valence-corrected chi connectivity index (χ3v) is 2.42. The van der Waals surface area contributed by atoms with E-state index in [0.29, 0.717) is 0 Å². The van der Waals surface area contributed by atoms with Crippen molar-refractivity contribution in [1.29, 1.82) is 0 Å². The highest BCUT2D eigenvalue weighted by molar-refractivity contribution is 9.10. The highest BCUT2D eigenvalue weighted by atomic mass is 79.9. The van der Waals surface area contributed by atoms with Crippen LogP contribution in [0.1, 0.15) is 20.3 Å². The van der Waals surface area contributed by atoms with Crippen LogP contribution in [0.4, 0.5) is 5.69 Å². The molecule has 0 radical (unpaired) electrons. The minimum atomic E-state index is -0.0982. The van der Waals surface area contributed by atoms with E-state index >= 15 is 0 Å². The van der Waals surface area contributed by atoms with Crippen LogP contribution in [-0.2, 0) is 0 Å². The number of halogens is 1. The normalized spacial score (nSPS) is 11.4. The molecule has 0 bridgehead atoms. The Balaban J connectivity index is 2.39. The second-order valence-corrected chi connectivity index (χ2v) is 5.09. The summed E-state index contributed by atoms with van der Waals surface area (Å²) in [5, 5.41) is 3.33. The molecule has 0 amide bonds. The number of hydrogen-bond acceptors (Lipinski definition) is 2. The molecule has 0 fully saturated rings. The Hall–Kier alpha value is -0.540. The fraction of sp³-hybridized carbons (Fsp3) is 0.455. The molecular weight excluding hydrogens is 240 g/mol. The zero-order chi connectivity index (χ0) is 10.6. The number of nitrogens with two attached hydrogens (primary N) is 1. The molecule has 1 aromatic rings. The molecule has 0 saturated heterocycles. The van der Waals surface area contributed by atoms with Gasteiger partial charge < -0.3 is 11.1 Å². The van der Waals surface area contributed by atoms with Crippen molar-refractivity contribution in [2.24, 2.45) is 5.73 Å². The molecule has 0 heterocycles. The molecular formula is C11H17BrN2. The summed E-state index contributed by atoms with van der Waals surface area (Å²) in [4.78, 5) is 0. The van der Waals surface area contributed by atoms with E-state index in [0.717, 1.165) is 23.1 Å². The van der Waals surface area contributed by atoms with Crippen LogP contribution in [0.2, 0.25) is 0 Å². The molecule has 3 heteroatoms. The standard InChI is InChI=1S/C11H17BrN2/c1-11(2,13)6-7-14-10-5-3-4-9(12)8-10/h3-5,8,14H,6-7,13H2,1-2H3. The number of hydrogen-bond donors (Lipinski definition) is 2. The fourth-order valence-electron chi connectivity index (χ4n) is 1.13. The molecule has 78 valence electrons. The van der Waals surface area contributed by atoms with E-state index in [1.807, 2.05) is 32.0 Å². The van der Waals surface area contributed by atoms with E-state index in [2.05, 4.69) is 27.3 Å². The lowest BCUT2D eigenvalue weighted by Gasteiger charge is -2.18. The lowest BCUT2D eigenvalue weighted by Crippen LogP contribution is -2.34. The monoisotopic (exact) mass is 256 g/mol. The Morgan fingerprint density at radius 2 is 2.14 bits per heavy atom. The minimum Gasteiger partial charge on any atom is -0.385 e. The van der Waals surface area contributed by atoms with Gasteiger partial charge in [-0.1, -0.05) is 22.0 Å². The summed E-state index contributed by atoms with van der Waals surface area (Å²) in [5.74, 6) is 0. The largest absolute Gasteiger partial charge is 0.385 e. The summed E-state index contributed by atoms with van der Waals surface area (Å²) in [7, 11) is 0. The van der Waals surface area contributed by atoms with Crippen molar-refractivity contribution < 1.29 is 0 Å². The summed E-state index contributed by atoms with van der Waals surface area (Å²) in [6.45, 7) is 4.98. The first-order valence-electron chi connectivity index (χ1n) is 4.76. The van der Waals surface area contributed by atoms with Crippen molar-refractivity contribution in [3.63, 3.8) is 0 Å². The van der Waals surface area contributed by atoms with Crippen LogP contribution >= 0.6 is 15.9 Å². The van der Waals surface area contributed by atoms with Crippen LogP contribution in [0, 0.1) is 0 Å². The van der Waals surface area contributed by atoms with Crippen molar-refractivity contribution >= 4 is 21.6 Å². The highest BCUT2D eigenvalue weighted by Gasteiger charge is 2.08. The number of rotatable bonds is 4. The van der Waals surface area contributed by atoms with Crippen molar-refractivity contribution in [3.05, 3.63) is 28.7 Å². The summed E-state index contributed by atoms with van der Waals surface area (Å²) >= 11 is 3.43. The summed E-state index contributed by atoms with van der Waals surface area (Å²) in [5.41, 5.74) is 6.91.